The van der Waals surface area contributed by atoms with Crippen molar-refractivity contribution in [2.24, 2.45) is 5.41 Å². The lowest BCUT2D eigenvalue weighted by Gasteiger charge is -2.27. The summed E-state index contributed by atoms with van der Waals surface area (Å²) in [5.41, 5.74) is 0.567. The standard InChI is InChI=1S/C17H22F3NO/c1-12(7-8-22)21-10-15(2)9-16(15,11-21)13-3-5-14(6-4-13)17(18,19)20/h3-6,12,22H,7-11H2,1-2H3/t12?,15-,16+/m0/s1. The van der Waals surface area contributed by atoms with Gasteiger partial charge < -0.3 is 5.11 Å². The van der Waals surface area contributed by atoms with E-state index in [0.29, 0.717) is 6.04 Å². The number of hydrogen-bond acceptors (Lipinski definition) is 2. The average molecular weight is 313 g/mol. The molecule has 2 aliphatic rings. The second-order valence-electron chi connectivity index (χ2n) is 7.16. The first kappa shape index (κ1) is 15.8. The fraction of sp³-hybridized carbons (Fsp3) is 0.647. The Hall–Kier alpha value is -1.07. The second kappa shape index (κ2) is 4.96. The van der Waals surface area contributed by atoms with Crippen molar-refractivity contribution in [2.75, 3.05) is 19.7 Å². The van der Waals surface area contributed by atoms with Crippen molar-refractivity contribution in [1.29, 1.82) is 0 Å². The number of benzene rings is 1. The SMILES string of the molecule is CC(CCO)N1C[C@]2(C)C[C@]2(c2ccc(C(F)(F)F)cc2)C1. The van der Waals surface area contributed by atoms with Crippen LogP contribution in [0.15, 0.2) is 24.3 Å². The molecule has 1 aliphatic carbocycles. The van der Waals surface area contributed by atoms with Crippen LogP contribution in [0.5, 0.6) is 0 Å². The lowest BCUT2D eigenvalue weighted by Crippen LogP contribution is -2.35. The van der Waals surface area contributed by atoms with Gasteiger partial charge in [-0.1, -0.05) is 19.1 Å². The first-order valence-electron chi connectivity index (χ1n) is 7.75. The maximum atomic E-state index is 12.7. The minimum absolute atomic E-state index is 0.0131. The summed E-state index contributed by atoms with van der Waals surface area (Å²) in [7, 11) is 0. The summed E-state index contributed by atoms with van der Waals surface area (Å²) in [6.07, 6.45) is -2.51. The Kier molecular flexibility index (Phi) is 3.57. The number of alkyl halides is 3. The normalized spacial score (nSPS) is 32.8. The van der Waals surface area contributed by atoms with Crippen molar-refractivity contribution in [3.63, 3.8) is 0 Å². The molecule has 1 aromatic carbocycles. The maximum Gasteiger partial charge on any atom is 0.416 e. The van der Waals surface area contributed by atoms with Crippen molar-refractivity contribution in [2.45, 2.75) is 44.3 Å². The summed E-state index contributed by atoms with van der Waals surface area (Å²) in [5, 5.41) is 9.09. The van der Waals surface area contributed by atoms with Crippen LogP contribution in [0.3, 0.4) is 0 Å². The zero-order chi connectivity index (χ0) is 16.2. The molecule has 1 saturated carbocycles. The molecule has 0 aromatic heterocycles. The molecule has 1 unspecified atom stereocenters. The second-order valence-corrected chi connectivity index (χ2v) is 7.16. The molecule has 1 N–H and O–H groups in total. The highest BCUT2D eigenvalue weighted by molar-refractivity contribution is 5.42. The van der Waals surface area contributed by atoms with Gasteiger partial charge in [-0.05, 0) is 42.9 Å². The summed E-state index contributed by atoms with van der Waals surface area (Å²) < 4.78 is 38.1. The summed E-state index contributed by atoms with van der Waals surface area (Å²) in [6, 6.07) is 5.99. The number of halogens is 3. The highest BCUT2D eigenvalue weighted by atomic mass is 19.4. The van der Waals surface area contributed by atoms with Gasteiger partial charge in [0.05, 0.1) is 5.56 Å². The maximum absolute atomic E-state index is 12.7. The van der Waals surface area contributed by atoms with Gasteiger partial charge in [0.25, 0.3) is 0 Å². The van der Waals surface area contributed by atoms with Crippen LogP contribution in [0.4, 0.5) is 13.2 Å². The van der Waals surface area contributed by atoms with Crippen molar-refractivity contribution < 1.29 is 18.3 Å². The van der Waals surface area contributed by atoms with E-state index >= 15 is 0 Å². The molecule has 0 bridgehead atoms. The van der Waals surface area contributed by atoms with Crippen LogP contribution in [-0.2, 0) is 11.6 Å². The molecule has 5 heteroatoms. The third-order valence-electron chi connectivity index (χ3n) is 5.68. The van der Waals surface area contributed by atoms with E-state index in [0.717, 1.165) is 31.5 Å². The van der Waals surface area contributed by atoms with E-state index in [1.165, 1.54) is 12.1 Å². The highest BCUT2D eigenvalue weighted by Gasteiger charge is 2.69. The number of aliphatic hydroxyl groups is 1. The van der Waals surface area contributed by atoms with Crippen LogP contribution in [0, 0.1) is 5.41 Å². The van der Waals surface area contributed by atoms with E-state index < -0.39 is 11.7 Å². The Morgan fingerprint density at radius 3 is 2.41 bits per heavy atom. The number of aliphatic hydroxyl groups excluding tert-OH is 1. The van der Waals surface area contributed by atoms with Gasteiger partial charge >= 0.3 is 6.18 Å². The molecule has 0 amide bonds. The molecule has 0 radical (unpaired) electrons. The van der Waals surface area contributed by atoms with Gasteiger partial charge in [0.2, 0.25) is 0 Å². The molecule has 2 nitrogen and oxygen atoms in total. The number of nitrogens with zero attached hydrogens (tertiary/aromatic N) is 1. The van der Waals surface area contributed by atoms with E-state index in [-0.39, 0.29) is 17.4 Å². The monoisotopic (exact) mass is 313 g/mol. The molecule has 1 aromatic rings. The molecule has 3 rings (SSSR count). The highest BCUT2D eigenvalue weighted by Crippen LogP contribution is 2.69. The largest absolute Gasteiger partial charge is 0.416 e. The Morgan fingerprint density at radius 1 is 1.23 bits per heavy atom. The fourth-order valence-corrected chi connectivity index (χ4v) is 4.13. The summed E-state index contributed by atoms with van der Waals surface area (Å²) >= 11 is 0. The van der Waals surface area contributed by atoms with Crippen LogP contribution < -0.4 is 0 Å². The molecule has 2 fully saturated rings. The lowest BCUT2D eigenvalue weighted by molar-refractivity contribution is -0.137. The molecule has 3 atom stereocenters. The van der Waals surface area contributed by atoms with Gasteiger partial charge in [-0.25, -0.2) is 0 Å². The van der Waals surface area contributed by atoms with E-state index in [2.05, 4.69) is 18.7 Å². The summed E-state index contributed by atoms with van der Waals surface area (Å²) in [6.45, 7) is 6.31. The van der Waals surface area contributed by atoms with E-state index in [4.69, 9.17) is 5.11 Å². The molecular formula is C17H22F3NO. The summed E-state index contributed by atoms with van der Waals surface area (Å²) in [5.74, 6) is 0. The minimum Gasteiger partial charge on any atom is -0.396 e. The van der Waals surface area contributed by atoms with E-state index in [1.807, 2.05) is 0 Å². The number of piperidine rings is 1. The quantitative estimate of drug-likeness (QED) is 0.920. The Labute approximate surface area is 128 Å². The van der Waals surface area contributed by atoms with Crippen LogP contribution in [0.1, 0.15) is 37.8 Å². The topological polar surface area (TPSA) is 23.5 Å². The predicted octanol–water partition coefficient (Wildman–Crippen LogP) is 3.44. The number of likely N-dealkylation sites (tertiary alicyclic amines) is 1. The first-order valence-corrected chi connectivity index (χ1v) is 7.75. The minimum atomic E-state index is -4.28. The van der Waals surface area contributed by atoms with Gasteiger partial charge in [-0.15, -0.1) is 0 Å². The molecule has 1 saturated heterocycles. The molecule has 1 aliphatic heterocycles. The molecule has 22 heavy (non-hydrogen) atoms. The lowest BCUT2D eigenvalue weighted by atomic mass is 9.89. The Morgan fingerprint density at radius 2 is 1.86 bits per heavy atom. The zero-order valence-electron chi connectivity index (χ0n) is 13.0. The van der Waals surface area contributed by atoms with Crippen LogP contribution in [0.25, 0.3) is 0 Å². The van der Waals surface area contributed by atoms with Gasteiger partial charge in [0.15, 0.2) is 0 Å². The summed E-state index contributed by atoms with van der Waals surface area (Å²) in [4.78, 5) is 2.36. The molecular weight excluding hydrogens is 291 g/mol. The molecule has 122 valence electrons. The van der Waals surface area contributed by atoms with Crippen LogP contribution in [-0.4, -0.2) is 35.7 Å². The number of fused-ring (bicyclic) bond motifs is 1. The third kappa shape index (κ3) is 2.35. The van der Waals surface area contributed by atoms with Crippen LogP contribution in [0.2, 0.25) is 0 Å². The smallest absolute Gasteiger partial charge is 0.396 e. The molecule has 0 spiro atoms. The van der Waals surface area contributed by atoms with Crippen LogP contribution >= 0.6 is 0 Å². The first-order chi connectivity index (χ1) is 10.2. The average Bonchev–Trinajstić information content (AvgIpc) is 2.92. The molecule has 1 heterocycles. The van der Waals surface area contributed by atoms with Crippen molar-refractivity contribution in [3.05, 3.63) is 35.4 Å². The fourth-order valence-electron chi connectivity index (χ4n) is 4.13. The van der Waals surface area contributed by atoms with Gasteiger partial charge in [-0.3, -0.25) is 4.90 Å². The number of hydrogen-bond donors (Lipinski definition) is 1. The van der Waals surface area contributed by atoms with Crippen molar-refractivity contribution in [1.82, 2.24) is 4.90 Å². The zero-order valence-corrected chi connectivity index (χ0v) is 13.0. The van der Waals surface area contributed by atoms with Crippen molar-refractivity contribution >= 4 is 0 Å². The third-order valence-corrected chi connectivity index (χ3v) is 5.68. The Bertz CT molecular complexity index is 556. The predicted molar refractivity (Wildman–Crippen MR) is 78.6 cm³/mol. The Balaban J connectivity index is 1.81. The van der Waals surface area contributed by atoms with Crippen molar-refractivity contribution in [3.8, 4) is 0 Å². The number of rotatable bonds is 4. The van der Waals surface area contributed by atoms with E-state index in [1.54, 1.807) is 12.1 Å². The van der Waals surface area contributed by atoms with Gasteiger partial charge in [0, 0.05) is 31.2 Å². The van der Waals surface area contributed by atoms with Gasteiger partial charge in [0.1, 0.15) is 0 Å². The van der Waals surface area contributed by atoms with Gasteiger partial charge in [-0.2, -0.15) is 13.2 Å². The van der Waals surface area contributed by atoms with E-state index in [9.17, 15) is 13.2 Å².